The van der Waals surface area contributed by atoms with Crippen molar-refractivity contribution in [2.45, 2.75) is 12.5 Å². The SMILES string of the molecule is NC(c1cc(F)ccc1Cl)C1CCOC1. The summed E-state index contributed by atoms with van der Waals surface area (Å²) in [4.78, 5) is 0. The predicted molar refractivity (Wildman–Crippen MR) is 57.3 cm³/mol. The molecule has 0 bridgehead atoms. The Hall–Kier alpha value is -0.640. The third-order valence-electron chi connectivity index (χ3n) is 2.79. The van der Waals surface area contributed by atoms with Gasteiger partial charge in [-0.2, -0.15) is 0 Å². The first-order valence-corrected chi connectivity index (χ1v) is 5.34. The molecule has 2 nitrogen and oxygen atoms in total. The van der Waals surface area contributed by atoms with Gasteiger partial charge in [0.2, 0.25) is 0 Å². The maximum atomic E-state index is 13.0. The largest absolute Gasteiger partial charge is 0.381 e. The van der Waals surface area contributed by atoms with Crippen molar-refractivity contribution >= 4 is 11.6 Å². The molecule has 1 aliphatic rings. The molecule has 0 aliphatic carbocycles. The minimum absolute atomic E-state index is 0.240. The molecule has 1 aromatic carbocycles. The van der Waals surface area contributed by atoms with Crippen LogP contribution in [0.25, 0.3) is 0 Å². The van der Waals surface area contributed by atoms with E-state index in [2.05, 4.69) is 0 Å². The Bertz CT molecular complexity index is 352. The van der Waals surface area contributed by atoms with E-state index < -0.39 is 0 Å². The molecule has 2 rings (SSSR count). The number of nitrogens with two attached hydrogens (primary N) is 1. The summed E-state index contributed by atoms with van der Waals surface area (Å²) in [6, 6.07) is 4.05. The maximum Gasteiger partial charge on any atom is 0.123 e. The Labute approximate surface area is 93.2 Å². The Morgan fingerprint density at radius 3 is 3.00 bits per heavy atom. The zero-order chi connectivity index (χ0) is 10.8. The maximum absolute atomic E-state index is 13.0. The Kier molecular flexibility index (Phi) is 3.24. The molecule has 0 radical (unpaired) electrons. The number of hydrogen-bond acceptors (Lipinski definition) is 2. The van der Waals surface area contributed by atoms with Gasteiger partial charge >= 0.3 is 0 Å². The molecule has 1 fully saturated rings. The van der Waals surface area contributed by atoms with Gasteiger partial charge < -0.3 is 10.5 Å². The number of halogens is 2. The first kappa shape index (κ1) is 10.9. The van der Waals surface area contributed by atoms with Gasteiger partial charge in [0.15, 0.2) is 0 Å². The molecule has 1 aromatic rings. The van der Waals surface area contributed by atoms with Gasteiger partial charge in [-0.05, 0) is 30.2 Å². The number of hydrogen-bond donors (Lipinski definition) is 1. The lowest BCUT2D eigenvalue weighted by molar-refractivity contribution is 0.181. The van der Waals surface area contributed by atoms with Crippen molar-refractivity contribution in [2.75, 3.05) is 13.2 Å². The molecule has 0 spiro atoms. The summed E-state index contributed by atoms with van der Waals surface area (Å²) in [5.74, 6) is -0.0620. The lowest BCUT2D eigenvalue weighted by atomic mass is 9.93. The summed E-state index contributed by atoms with van der Waals surface area (Å²) in [5.41, 5.74) is 6.71. The number of benzene rings is 1. The average Bonchev–Trinajstić information content (AvgIpc) is 2.74. The minimum atomic E-state index is -0.302. The van der Waals surface area contributed by atoms with Gasteiger partial charge in [-0.3, -0.25) is 0 Å². The normalized spacial score (nSPS) is 23.0. The van der Waals surface area contributed by atoms with E-state index in [9.17, 15) is 4.39 Å². The van der Waals surface area contributed by atoms with E-state index in [4.69, 9.17) is 22.1 Å². The summed E-state index contributed by atoms with van der Waals surface area (Å²) in [5, 5.41) is 0.524. The van der Waals surface area contributed by atoms with Crippen molar-refractivity contribution in [1.29, 1.82) is 0 Å². The quantitative estimate of drug-likeness (QED) is 0.846. The average molecular weight is 230 g/mol. The van der Waals surface area contributed by atoms with Crippen LogP contribution in [-0.2, 0) is 4.74 Å². The van der Waals surface area contributed by atoms with Crippen LogP contribution in [-0.4, -0.2) is 13.2 Å². The summed E-state index contributed by atoms with van der Waals surface area (Å²) in [6.07, 6.45) is 0.911. The fraction of sp³-hybridized carbons (Fsp3) is 0.455. The van der Waals surface area contributed by atoms with E-state index in [-0.39, 0.29) is 17.8 Å². The van der Waals surface area contributed by atoms with Gasteiger partial charge in [0.05, 0.1) is 6.61 Å². The van der Waals surface area contributed by atoms with Gasteiger partial charge in [-0.1, -0.05) is 11.6 Å². The molecular weight excluding hydrogens is 217 g/mol. The highest BCUT2D eigenvalue weighted by molar-refractivity contribution is 6.31. The van der Waals surface area contributed by atoms with Crippen LogP contribution < -0.4 is 5.73 Å². The summed E-state index contributed by atoms with van der Waals surface area (Å²) >= 11 is 5.98. The second kappa shape index (κ2) is 4.47. The monoisotopic (exact) mass is 229 g/mol. The van der Waals surface area contributed by atoms with Crippen molar-refractivity contribution in [3.05, 3.63) is 34.6 Å². The van der Waals surface area contributed by atoms with E-state index in [1.807, 2.05) is 0 Å². The molecule has 1 heterocycles. The first-order valence-electron chi connectivity index (χ1n) is 4.97. The van der Waals surface area contributed by atoms with Gasteiger partial charge in [-0.25, -0.2) is 4.39 Å². The van der Waals surface area contributed by atoms with E-state index in [1.165, 1.54) is 12.1 Å². The molecule has 2 unspecified atom stereocenters. The van der Waals surface area contributed by atoms with Crippen molar-refractivity contribution in [2.24, 2.45) is 11.7 Å². The highest BCUT2D eigenvalue weighted by Crippen LogP contribution is 2.31. The van der Waals surface area contributed by atoms with Crippen molar-refractivity contribution < 1.29 is 9.13 Å². The molecule has 1 saturated heterocycles. The van der Waals surface area contributed by atoms with E-state index in [0.717, 1.165) is 13.0 Å². The molecule has 0 saturated carbocycles. The van der Waals surface area contributed by atoms with Crippen LogP contribution in [0.15, 0.2) is 18.2 Å². The standard InChI is InChI=1S/C11H13ClFNO/c12-10-2-1-8(13)5-9(10)11(14)7-3-4-15-6-7/h1-2,5,7,11H,3-4,6,14H2. The van der Waals surface area contributed by atoms with E-state index in [1.54, 1.807) is 6.07 Å². The van der Waals surface area contributed by atoms with Crippen molar-refractivity contribution in [3.63, 3.8) is 0 Å². The Morgan fingerprint density at radius 2 is 2.33 bits per heavy atom. The zero-order valence-electron chi connectivity index (χ0n) is 8.25. The Balaban J connectivity index is 2.23. The number of ether oxygens (including phenoxy) is 1. The van der Waals surface area contributed by atoms with Gasteiger partial charge in [0.1, 0.15) is 5.82 Å². The zero-order valence-corrected chi connectivity index (χ0v) is 9.01. The molecule has 1 aliphatic heterocycles. The number of rotatable bonds is 2. The van der Waals surface area contributed by atoms with Crippen LogP contribution in [0.1, 0.15) is 18.0 Å². The van der Waals surface area contributed by atoms with Crippen LogP contribution in [0.2, 0.25) is 5.02 Å². The van der Waals surface area contributed by atoms with Crippen molar-refractivity contribution in [1.82, 2.24) is 0 Å². The van der Waals surface area contributed by atoms with Crippen LogP contribution in [0.5, 0.6) is 0 Å². The molecule has 4 heteroatoms. The van der Waals surface area contributed by atoms with Crippen LogP contribution in [0.3, 0.4) is 0 Å². The summed E-state index contributed by atoms with van der Waals surface area (Å²) in [6.45, 7) is 1.36. The molecule has 82 valence electrons. The molecular formula is C11H13ClFNO. The second-order valence-electron chi connectivity index (χ2n) is 3.82. The predicted octanol–water partition coefficient (Wildman–Crippen LogP) is 2.52. The second-order valence-corrected chi connectivity index (χ2v) is 4.22. The summed E-state index contributed by atoms with van der Waals surface area (Å²) < 4.78 is 18.3. The van der Waals surface area contributed by atoms with Gasteiger partial charge in [0, 0.05) is 23.6 Å². The smallest absolute Gasteiger partial charge is 0.123 e. The van der Waals surface area contributed by atoms with Gasteiger partial charge in [0.25, 0.3) is 0 Å². The van der Waals surface area contributed by atoms with Gasteiger partial charge in [-0.15, -0.1) is 0 Å². The van der Waals surface area contributed by atoms with Crippen molar-refractivity contribution in [3.8, 4) is 0 Å². The first-order chi connectivity index (χ1) is 7.18. The van der Waals surface area contributed by atoms with E-state index in [0.29, 0.717) is 17.2 Å². The third-order valence-corrected chi connectivity index (χ3v) is 3.13. The lowest BCUT2D eigenvalue weighted by Gasteiger charge is -2.19. The minimum Gasteiger partial charge on any atom is -0.381 e. The Morgan fingerprint density at radius 1 is 1.53 bits per heavy atom. The molecule has 15 heavy (non-hydrogen) atoms. The van der Waals surface area contributed by atoms with Crippen LogP contribution in [0.4, 0.5) is 4.39 Å². The highest BCUT2D eigenvalue weighted by Gasteiger charge is 2.25. The molecule has 0 amide bonds. The fourth-order valence-electron chi connectivity index (χ4n) is 1.86. The third kappa shape index (κ3) is 2.30. The topological polar surface area (TPSA) is 35.2 Å². The van der Waals surface area contributed by atoms with E-state index >= 15 is 0 Å². The lowest BCUT2D eigenvalue weighted by Crippen LogP contribution is -2.22. The van der Waals surface area contributed by atoms with Crippen LogP contribution in [0, 0.1) is 11.7 Å². The fourth-order valence-corrected chi connectivity index (χ4v) is 2.10. The molecule has 2 atom stereocenters. The van der Waals surface area contributed by atoms with Crippen LogP contribution >= 0.6 is 11.6 Å². The molecule has 2 N–H and O–H groups in total. The highest BCUT2D eigenvalue weighted by atomic mass is 35.5. The summed E-state index contributed by atoms with van der Waals surface area (Å²) in [7, 11) is 0. The molecule has 0 aromatic heterocycles.